The lowest BCUT2D eigenvalue weighted by atomic mass is 9.99. The SMILES string of the molecule is CC(C)(C[C@@H](C=O)C[Si](C)(C)C)[Si](O)(c1ccccc1)c1ccccc1. The molecule has 0 aliphatic heterocycles. The summed E-state index contributed by atoms with van der Waals surface area (Å²) in [6.45, 7) is 11.2. The van der Waals surface area contributed by atoms with Crippen LogP contribution in [0.4, 0.5) is 0 Å². The van der Waals surface area contributed by atoms with Crippen molar-refractivity contribution in [2.75, 3.05) is 0 Å². The molecule has 2 rings (SSSR count). The summed E-state index contributed by atoms with van der Waals surface area (Å²) < 4.78 is 0. The van der Waals surface area contributed by atoms with Gasteiger partial charge in [0.1, 0.15) is 6.29 Å². The van der Waals surface area contributed by atoms with Gasteiger partial charge in [0.05, 0.1) is 0 Å². The van der Waals surface area contributed by atoms with Crippen LogP contribution in [0.3, 0.4) is 0 Å². The molecule has 0 unspecified atom stereocenters. The number of hydrogen-bond acceptors (Lipinski definition) is 2. The molecule has 0 heterocycles. The molecule has 2 aromatic carbocycles. The quantitative estimate of drug-likeness (QED) is 0.550. The number of rotatable bonds is 8. The third kappa shape index (κ3) is 4.61. The van der Waals surface area contributed by atoms with Crippen LogP contribution in [-0.4, -0.2) is 27.5 Å². The van der Waals surface area contributed by atoms with Crippen molar-refractivity contribution >= 4 is 33.1 Å². The molecule has 0 amide bonds. The number of carbonyl (C=O) groups is 1. The molecule has 2 aromatic rings. The Morgan fingerprint density at radius 2 is 1.35 bits per heavy atom. The van der Waals surface area contributed by atoms with E-state index in [1.54, 1.807) is 0 Å². The highest BCUT2D eigenvalue weighted by Crippen LogP contribution is 2.42. The molecule has 0 aromatic heterocycles. The maximum Gasteiger partial charge on any atom is 0.258 e. The number of hydrogen-bond donors (Lipinski definition) is 1. The van der Waals surface area contributed by atoms with Crippen molar-refractivity contribution in [2.45, 2.75) is 51.0 Å². The zero-order chi connectivity index (χ0) is 19.4. The predicted octanol–water partition coefficient (Wildman–Crippen LogP) is 4.06. The van der Waals surface area contributed by atoms with E-state index in [2.05, 4.69) is 33.5 Å². The van der Waals surface area contributed by atoms with E-state index in [9.17, 15) is 9.59 Å². The first-order valence-electron chi connectivity index (χ1n) is 9.39. The van der Waals surface area contributed by atoms with Crippen LogP contribution in [0.15, 0.2) is 60.7 Å². The zero-order valence-corrected chi connectivity index (χ0v) is 18.7. The molecule has 2 nitrogen and oxygen atoms in total. The normalized spacial score (nSPS) is 14.1. The van der Waals surface area contributed by atoms with E-state index in [0.29, 0.717) is 6.42 Å². The summed E-state index contributed by atoms with van der Waals surface area (Å²) in [7, 11) is -4.38. The Labute approximate surface area is 160 Å². The van der Waals surface area contributed by atoms with Gasteiger partial charge in [0, 0.05) is 14.0 Å². The van der Waals surface area contributed by atoms with Crippen molar-refractivity contribution in [1.29, 1.82) is 0 Å². The number of aldehydes is 1. The molecular formula is C22H32O2Si2. The second-order valence-electron chi connectivity index (χ2n) is 9.19. The molecule has 1 atom stereocenters. The maximum atomic E-state index is 12.2. The van der Waals surface area contributed by atoms with Crippen molar-refractivity contribution in [3.63, 3.8) is 0 Å². The Kier molecular flexibility index (Phi) is 6.43. The molecule has 0 fully saturated rings. The van der Waals surface area contributed by atoms with Crippen LogP contribution < -0.4 is 10.4 Å². The summed E-state index contributed by atoms with van der Waals surface area (Å²) in [5.74, 6) is 0.00289. The Bertz CT molecular complexity index is 666. The molecule has 4 heteroatoms. The van der Waals surface area contributed by atoms with Crippen LogP contribution in [0.5, 0.6) is 0 Å². The molecule has 0 aliphatic rings. The van der Waals surface area contributed by atoms with E-state index >= 15 is 0 Å². The van der Waals surface area contributed by atoms with E-state index < -0.39 is 16.4 Å². The minimum absolute atomic E-state index is 0.00289. The van der Waals surface area contributed by atoms with Gasteiger partial charge in [-0.1, -0.05) is 94.2 Å². The molecule has 0 saturated carbocycles. The molecule has 0 spiro atoms. The van der Waals surface area contributed by atoms with Gasteiger partial charge >= 0.3 is 0 Å². The van der Waals surface area contributed by atoms with E-state index in [0.717, 1.165) is 22.7 Å². The van der Waals surface area contributed by atoms with Gasteiger partial charge in [0.25, 0.3) is 8.32 Å². The molecule has 140 valence electrons. The fourth-order valence-electron chi connectivity index (χ4n) is 4.06. The molecule has 26 heavy (non-hydrogen) atoms. The fourth-order valence-corrected chi connectivity index (χ4v) is 9.68. The monoisotopic (exact) mass is 384 g/mol. The van der Waals surface area contributed by atoms with Gasteiger partial charge in [0.15, 0.2) is 0 Å². The Morgan fingerprint density at radius 3 is 1.69 bits per heavy atom. The highest BCUT2D eigenvalue weighted by atomic mass is 28.4. The smallest absolute Gasteiger partial charge is 0.258 e. The van der Waals surface area contributed by atoms with Gasteiger partial charge in [-0.15, -0.1) is 0 Å². The van der Waals surface area contributed by atoms with E-state index in [-0.39, 0.29) is 11.0 Å². The average Bonchev–Trinajstić information content (AvgIpc) is 2.60. The van der Waals surface area contributed by atoms with E-state index in [1.165, 1.54) is 0 Å². The summed E-state index contributed by atoms with van der Waals surface area (Å²) >= 11 is 0. The molecule has 0 aliphatic carbocycles. The Balaban J connectivity index is 2.49. The predicted molar refractivity (Wildman–Crippen MR) is 116 cm³/mol. The average molecular weight is 385 g/mol. The second kappa shape index (κ2) is 8.03. The van der Waals surface area contributed by atoms with Crippen LogP contribution in [0.1, 0.15) is 20.3 Å². The van der Waals surface area contributed by atoms with E-state index in [4.69, 9.17) is 0 Å². The third-order valence-corrected chi connectivity index (χ3v) is 11.5. The minimum atomic E-state index is -3.03. The molecule has 0 bridgehead atoms. The highest BCUT2D eigenvalue weighted by Gasteiger charge is 2.50. The molecule has 1 N–H and O–H groups in total. The Morgan fingerprint density at radius 1 is 0.923 bits per heavy atom. The molecular weight excluding hydrogens is 352 g/mol. The molecule has 0 radical (unpaired) electrons. The van der Waals surface area contributed by atoms with Crippen LogP contribution in [-0.2, 0) is 4.79 Å². The first kappa shape index (κ1) is 20.8. The summed E-state index contributed by atoms with van der Waals surface area (Å²) in [6, 6.07) is 21.0. The van der Waals surface area contributed by atoms with Crippen molar-refractivity contribution in [3.05, 3.63) is 60.7 Å². The van der Waals surface area contributed by atoms with Crippen molar-refractivity contribution in [3.8, 4) is 0 Å². The van der Waals surface area contributed by atoms with Crippen LogP contribution in [0.25, 0.3) is 0 Å². The van der Waals surface area contributed by atoms with Gasteiger partial charge in [-0.25, -0.2) is 0 Å². The lowest BCUT2D eigenvalue weighted by Gasteiger charge is -2.43. The van der Waals surface area contributed by atoms with E-state index in [1.807, 2.05) is 60.7 Å². The van der Waals surface area contributed by atoms with Crippen LogP contribution >= 0.6 is 0 Å². The topological polar surface area (TPSA) is 37.3 Å². The Hall–Kier alpha value is -1.50. The minimum Gasteiger partial charge on any atom is -0.424 e. The summed E-state index contributed by atoms with van der Waals surface area (Å²) in [5.41, 5.74) is 0. The van der Waals surface area contributed by atoms with Crippen molar-refractivity contribution in [2.24, 2.45) is 5.92 Å². The summed E-state index contributed by atoms with van der Waals surface area (Å²) in [6.07, 6.45) is 1.83. The van der Waals surface area contributed by atoms with Gasteiger partial charge < -0.3 is 9.59 Å². The maximum absolute atomic E-state index is 12.2. The fraction of sp³-hybridized carbons (Fsp3) is 0.409. The highest BCUT2D eigenvalue weighted by molar-refractivity contribution is 6.98. The van der Waals surface area contributed by atoms with Crippen LogP contribution in [0.2, 0.25) is 30.7 Å². The second-order valence-corrected chi connectivity index (χ2v) is 18.7. The van der Waals surface area contributed by atoms with Gasteiger partial charge in [-0.3, -0.25) is 0 Å². The first-order valence-corrected chi connectivity index (χ1v) is 15.0. The lowest BCUT2D eigenvalue weighted by Crippen LogP contribution is -2.65. The van der Waals surface area contributed by atoms with Gasteiger partial charge in [0.2, 0.25) is 0 Å². The first-order chi connectivity index (χ1) is 12.1. The number of carbonyl (C=O) groups excluding carboxylic acids is 1. The van der Waals surface area contributed by atoms with Crippen molar-refractivity contribution < 1.29 is 9.59 Å². The third-order valence-electron chi connectivity index (χ3n) is 5.20. The summed E-state index contributed by atoms with van der Waals surface area (Å²) in [4.78, 5) is 24.0. The van der Waals surface area contributed by atoms with Crippen molar-refractivity contribution in [1.82, 2.24) is 0 Å². The largest absolute Gasteiger partial charge is 0.424 e. The van der Waals surface area contributed by atoms with Gasteiger partial charge in [-0.2, -0.15) is 0 Å². The standard InChI is InChI=1S/C22H32O2Si2/c1-22(2,16-19(17-23)18-25(3,4)5)26(24,20-12-8-6-9-13-20)21-14-10-7-11-15-21/h6-15,17,19,24H,16,18H2,1-5H3/t19-/m0/s1. The summed E-state index contributed by atoms with van der Waals surface area (Å²) in [5, 5.41) is 1.66. The zero-order valence-electron chi connectivity index (χ0n) is 16.7. The van der Waals surface area contributed by atoms with Gasteiger partial charge in [-0.05, 0) is 27.9 Å². The lowest BCUT2D eigenvalue weighted by molar-refractivity contribution is -0.111. The van der Waals surface area contributed by atoms with Crippen LogP contribution in [0, 0.1) is 5.92 Å². The number of benzene rings is 2. The molecule has 0 saturated heterocycles.